The molecule has 1 atom stereocenters. The van der Waals surface area contributed by atoms with Gasteiger partial charge in [-0.15, -0.1) is 12.4 Å². The van der Waals surface area contributed by atoms with Gasteiger partial charge in [0.15, 0.2) is 0 Å². The Bertz CT molecular complexity index is 32.9. The normalized spacial score (nSPS) is 12.4. The van der Waals surface area contributed by atoms with Crippen molar-refractivity contribution in [2.24, 2.45) is 5.73 Å². The lowest BCUT2D eigenvalue weighted by molar-refractivity contribution is 0.769. The molecule has 0 aromatic heterocycles. The van der Waals surface area contributed by atoms with Crippen LogP contribution in [0.15, 0.2) is 0 Å². The summed E-state index contributed by atoms with van der Waals surface area (Å²) in [5.74, 6) is 0. The molecular weight excluding hydrogens is 130 g/mol. The first-order valence-corrected chi connectivity index (χ1v) is 2.72. The lowest BCUT2D eigenvalue weighted by Crippen LogP contribution is -2.09. The Hall–Kier alpha value is 0.600. The molecule has 0 radical (unpaired) electrons. The summed E-state index contributed by atoms with van der Waals surface area (Å²) in [6, 6.07) is 0. The van der Waals surface area contributed by atoms with Crippen LogP contribution in [0.1, 0.15) is 19.8 Å². The SMILES string of the molecule is CCCC(N)S.Cl. The van der Waals surface area contributed by atoms with E-state index in [1.54, 1.807) is 0 Å². The maximum Gasteiger partial charge on any atom is 0.0477 e. The van der Waals surface area contributed by atoms with Gasteiger partial charge in [0.05, 0.1) is 0 Å². The molecule has 0 saturated heterocycles. The summed E-state index contributed by atoms with van der Waals surface area (Å²) in [6.45, 7) is 2.09. The Balaban J connectivity index is 0. The summed E-state index contributed by atoms with van der Waals surface area (Å²) in [6.07, 6.45) is 2.15. The zero-order chi connectivity index (χ0) is 4.99. The predicted octanol–water partition coefficient (Wildman–Crippen LogP) is 1.42. The Kier molecular flexibility index (Phi) is 9.95. The van der Waals surface area contributed by atoms with Crippen LogP contribution >= 0.6 is 25.0 Å². The monoisotopic (exact) mass is 141 g/mol. The Morgan fingerprint density at radius 2 is 2.14 bits per heavy atom. The molecule has 0 saturated carbocycles. The molecule has 0 rings (SSSR count). The molecule has 0 aliphatic heterocycles. The van der Waals surface area contributed by atoms with E-state index in [2.05, 4.69) is 19.6 Å². The topological polar surface area (TPSA) is 26.0 Å². The van der Waals surface area contributed by atoms with E-state index in [9.17, 15) is 0 Å². The molecule has 0 heterocycles. The van der Waals surface area contributed by atoms with Crippen molar-refractivity contribution in [3.05, 3.63) is 0 Å². The van der Waals surface area contributed by atoms with E-state index < -0.39 is 0 Å². The molecule has 0 aliphatic rings. The highest BCUT2D eigenvalue weighted by Crippen LogP contribution is 1.94. The molecule has 46 valence electrons. The third-order valence-corrected chi connectivity index (χ3v) is 0.843. The molecule has 0 aromatic carbocycles. The molecule has 1 nitrogen and oxygen atoms in total. The molecule has 3 heteroatoms. The first-order chi connectivity index (χ1) is 2.77. The number of hydrogen-bond donors (Lipinski definition) is 2. The van der Waals surface area contributed by atoms with Gasteiger partial charge in [-0.25, -0.2) is 0 Å². The first-order valence-electron chi connectivity index (χ1n) is 2.21. The van der Waals surface area contributed by atoms with Crippen LogP contribution in [0.2, 0.25) is 0 Å². The van der Waals surface area contributed by atoms with E-state index in [-0.39, 0.29) is 17.8 Å². The van der Waals surface area contributed by atoms with Crippen LogP contribution < -0.4 is 5.73 Å². The molecule has 2 N–H and O–H groups in total. The van der Waals surface area contributed by atoms with E-state index in [4.69, 9.17) is 5.73 Å². The second kappa shape index (κ2) is 6.60. The number of hydrogen-bond acceptors (Lipinski definition) is 2. The fraction of sp³-hybridized carbons (Fsp3) is 1.00. The second-order valence-corrected chi connectivity index (χ2v) is 2.02. The third-order valence-electron chi connectivity index (χ3n) is 0.584. The smallest absolute Gasteiger partial charge is 0.0477 e. The van der Waals surface area contributed by atoms with Gasteiger partial charge in [-0.05, 0) is 6.42 Å². The van der Waals surface area contributed by atoms with E-state index in [1.807, 2.05) is 0 Å². The van der Waals surface area contributed by atoms with Crippen molar-refractivity contribution in [2.45, 2.75) is 25.1 Å². The molecule has 0 aromatic rings. The maximum absolute atomic E-state index is 5.27. The van der Waals surface area contributed by atoms with Crippen LogP contribution in [-0.4, -0.2) is 5.37 Å². The quantitative estimate of drug-likeness (QED) is 0.442. The van der Waals surface area contributed by atoms with E-state index in [0.717, 1.165) is 12.8 Å². The third kappa shape index (κ3) is 10.8. The average Bonchev–Trinajstić information content (AvgIpc) is 1.35. The van der Waals surface area contributed by atoms with Gasteiger partial charge in [0, 0.05) is 5.37 Å². The Morgan fingerprint density at radius 3 is 2.14 bits per heavy atom. The number of rotatable bonds is 2. The van der Waals surface area contributed by atoms with Crippen molar-refractivity contribution < 1.29 is 0 Å². The summed E-state index contributed by atoms with van der Waals surface area (Å²) in [4.78, 5) is 0. The van der Waals surface area contributed by atoms with Crippen LogP contribution in [0.3, 0.4) is 0 Å². The van der Waals surface area contributed by atoms with Gasteiger partial charge in [-0.3, -0.25) is 0 Å². The molecule has 0 spiro atoms. The van der Waals surface area contributed by atoms with Gasteiger partial charge in [0.1, 0.15) is 0 Å². The number of nitrogens with two attached hydrogens (primary N) is 1. The summed E-state index contributed by atoms with van der Waals surface area (Å²) in [5.41, 5.74) is 5.27. The highest BCUT2D eigenvalue weighted by Gasteiger charge is 1.86. The van der Waals surface area contributed by atoms with Gasteiger partial charge in [0.2, 0.25) is 0 Å². The average molecular weight is 142 g/mol. The van der Waals surface area contributed by atoms with Crippen molar-refractivity contribution in [2.75, 3.05) is 0 Å². The zero-order valence-electron chi connectivity index (χ0n) is 4.42. The van der Waals surface area contributed by atoms with E-state index in [1.165, 1.54) is 0 Å². The van der Waals surface area contributed by atoms with Crippen molar-refractivity contribution in [3.8, 4) is 0 Å². The summed E-state index contributed by atoms with van der Waals surface area (Å²) < 4.78 is 0. The molecule has 7 heavy (non-hydrogen) atoms. The van der Waals surface area contributed by atoms with Crippen molar-refractivity contribution in [3.63, 3.8) is 0 Å². The number of thiol groups is 1. The summed E-state index contributed by atoms with van der Waals surface area (Å²) in [5, 5.41) is 0.0926. The van der Waals surface area contributed by atoms with Gasteiger partial charge in [-0.2, -0.15) is 12.6 Å². The predicted molar refractivity (Wildman–Crippen MR) is 39.1 cm³/mol. The molecule has 0 bridgehead atoms. The van der Waals surface area contributed by atoms with Gasteiger partial charge < -0.3 is 5.73 Å². The molecule has 0 fully saturated rings. The molecule has 1 unspecified atom stereocenters. The standard InChI is InChI=1S/C4H11NS.ClH/c1-2-3-4(5)6;/h4,6H,2-3,5H2,1H3;1H. The number of halogens is 1. The minimum absolute atomic E-state index is 0. The summed E-state index contributed by atoms with van der Waals surface area (Å²) >= 11 is 3.96. The molecular formula is C4H12ClNS. The second-order valence-electron chi connectivity index (χ2n) is 1.36. The van der Waals surface area contributed by atoms with Crippen LogP contribution in [0.25, 0.3) is 0 Å². The van der Waals surface area contributed by atoms with Gasteiger partial charge >= 0.3 is 0 Å². The van der Waals surface area contributed by atoms with Crippen LogP contribution in [-0.2, 0) is 0 Å². The largest absolute Gasteiger partial charge is 0.320 e. The minimum atomic E-state index is 0. The van der Waals surface area contributed by atoms with E-state index in [0.29, 0.717) is 0 Å². The van der Waals surface area contributed by atoms with Crippen molar-refractivity contribution in [1.82, 2.24) is 0 Å². The highest BCUT2D eigenvalue weighted by atomic mass is 35.5. The zero-order valence-corrected chi connectivity index (χ0v) is 6.14. The minimum Gasteiger partial charge on any atom is -0.320 e. The van der Waals surface area contributed by atoms with Crippen LogP contribution in [0.4, 0.5) is 0 Å². The van der Waals surface area contributed by atoms with Gasteiger partial charge in [-0.1, -0.05) is 13.3 Å². The first kappa shape index (κ1) is 10.6. The van der Waals surface area contributed by atoms with Crippen LogP contribution in [0.5, 0.6) is 0 Å². The van der Waals surface area contributed by atoms with Crippen LogP contribution in [0, 0.1) is 0 Å². The summed E-state index contributed by atoms with van der Waals surface area (Å²) in [7, 11) is 0. The highest BCUT2D eigenvalue weighted by molar-refractivity contribution is 7.80. The lowest BCUT2D eigenvalue weighted by Gasteiger charge is -1.95. The lowest BCUT2D eigenvalue weighted by atomic mass is 10.3. The molecule has 0 aliphatic carbocycles. The Labute approximate surface area is 56.5 Å². The fourth-order valence-corrected chi connectivity index (χ4v) is 0.554. The fourth-order valence-electron chi connectivity index (χ4n) is 0.296. The maximum atomic E-state index is 5.27. The van der Waals surface area contributed by atoms with Gasteiger partial charge in [0.25, 0.3) is 0 Å². The van der Waals surface area contributed by atoms with Crippen molar-refractivity contribution >= 4 is 25.0 Å². The molecule has 0 amide bonds. The van der Waals surface area contributed by atoms with Crippen molar-refractivity contribution in [1.29, 1.82) is 0 Å². The van der Waals surface area contributed by atoms with E-state index >= 15 is 0 Å². The Morgan fingerprint density at radius 1 is 1.71 bits per heavy atom.